The van der Waals surface area contributed by atoms with Gasteiger partial charge in [0.05, 0.1) is 0 Å². The van der Waals surface area contributed by atoms with Crippen LogP contribution in [-0.2, 0) is 0 Å². The number of urea groups is 1. The lowest BCUT2D eigenvalue weighted by Crippen LogP contribution is -2.18. The second-order valence-corrected chi connectivity index (χ2v) is 5.47. The first kappa shape index (κ1) is 14.5. The van der Waals surface area contributed by atoms with Gasteiger partial charge in [-0.15, -0.1) is 0 Å². The molecule has 0 fully saturated rings. The van der Waals surface area contributed by atoms with Crippen molar-refractivity contribution in [1.29, 1.82) is 0 Å². The second kappa shape index (κ2) is 8.49. The standard InChI is InChI=1S/C12H10S2.CH4N2O/c1-3-7-11(8-4-1)13-14-12-9-5-2-6-10-12;2-1(3)4/h1-10H;(H4,2,3,4). The number of hydrogen-bond donors (Lipinski definition) is 2. The summed E-state index contributed by atoms with van der Waals surface area (Å²) in [4.78, 5) is 11.6. The molecule has 0 heterocycles. The Kier molecular flexibility index (Phi) is 6.83. The monoisotopic (exact) mass is 278 g/mol. The van der Waals surface area contributed by atoms with Crippen LogP contribution in [-0.4, -0.2) is 6.03 Å². The van der Waals surface area contributed by atoms with Crippen molar-refractivity contribution in [3.63, 3.8) is 0 Å². The smallest absolute Gasteiger partial charge is 0.309 e. The van der Waals surface area contributed by atoms with Gasteiger partial charge in [-0.25, -0.2) is 4.79 Å². The van der Waals surface area contributed by atoms with E-state index in [2.05, 4.69) is 60.0 Å². The molecule has 5 heteroatoms. The first-order chi connectivity index (χ1) is 8.68. The van der Waals surface area contributed by atoms with Gasteiger partial charge >= 0.3 is 6.03 Å². The fourth-order valence-corrected chi connectivity index (χ4v) is 3.02. The minimum Gasteiger partial charge on any atom is -0.352 e. The summed E-state index contributed by atoms with van der Waals surface area (Å²) in [7, 11) is 3.58. The van der Waals surface area contributed by atoms with Crippen molar-refractivity contribution in [2.75, 3.05) is 0 Å². The predicted octanol–water partition coefficient (Wildman–Crippen LogP) is 3.51. The molecule has 2 aromatic rings. The van der Waals surface area contributed by atoms with Crippen molar-refractivity contribution in [3.05, 3.63) is 60.7 Å². The molecule has 94 valence electrons. The average Bonchev–Trinajstić information content (AvgIpc) is 2.38. The third-order valence-electron chi connectivity index (χ3n) is 1.72. The Bertz CT molecular complexity index is 419. The van der Waals surface area contributed by atoms with Crippen LogP contribution >= 0.6 is 21.6 Å². The molecule has 0 atom stereocenters. The fraction of sp³-hybridized carbons (Fsp3) is 0. The lowest BCUT2D eigenvalue weighted by atomic mass is 10.4. The van der Waals surface area contributed by atoms with E-state index in [1.54, 1.807) is 21.6 Å². The third-order valence-corrected chi connectivity index (χ3v) is 4.14. The molecule has 0 aliphatic rings. The Labute approximate surface area is 114 Å². The maximum Gasteiger partial charge on any atom is 0.309 e. The van der Waals surface area contributed by atoms with Gasteiger partial charge in [-0.05, 0) is 24.3 Å². The number of hydrogen-bond acceptors (Lipinski definition) is 3. The van der Waals surface area contributed by atoms with Crippen LogP contribution in [0.1, 0.15) is 0 Å². The maximum absolute atomic E-state index is 9.00. The van der Waals surface area contributed by atoms with E-state index in [4.69, 9.17) is 4.79 Å². The van der Waals surface area contributed by atoms with Crippen LogP contribution in [0.5, 0.6) is 0 Å². The number of benzene rings is 2. The Morgan fingerprint density at radius 3 is 1.28 bits per heavy atom. The molecule has 0 saturated carbocycles. The minimum absolute atomic E-state index is 0.833. The Balaban J connectivity index is 0.000000357. The lowest BCUT2D eigenvalue weighted by molar-refractivity contribution is 0.256. The van der Waals surface area contributed by atoms with Crippen LogP contribution in [0.2, 0.25) is 0 Å². The van der Waals surface area contributed by atoms with Crippen LogP contribution in [0.15, 0.2) is 70.5 Å². The zero-order valence-electron chi connectivity index (χ0n) is 9.65. The van der Waals surface area contributed by atoms with Crippen LogP contribution in [0.3, 0.4) is 0 Å². The SMILES string of the molecule is NC(N)=O.c1ccc(SSc2ccccc2)cc1. The van der Waals surface area contributed by atoms with Gasteiger partial charge in [-0.2, -0.15) is 0 Å². The van der Waals surface area contributed by atoms with E-state index in [9.17, 15) is 0 Å². The fourth-order valence-electron chi connectivity index (χ4n) is 1.05. The zero-order valence-corrected chi connectivity index (χ0v) is 11.3. The first-order valence-electron chi connectivity index (χ1n) is 5.18. The van der Waals surface area contributed by atoms with Crippen molar-refractivity contribution in [2.45, 2.75) is 9.79 Å². The molecular weight excluding hydrogens is 264 g/mol. The summed E-state index contributed by atoms with van der Waals surface area (Å²) in [6.45, 7) is 0. The molecule has 0 aromatic heterocycles. The molecule has 0 bridgehead atoms. The molecule has 2 amide bonds. The summed E-state index contributed by atoms with van der Waals surface area (Å²) >= 11 is 0. The largest absolute Gasteiger partial charge is 0.352 e. The molecule has 18 heavy (non-hydrogen) atoms. The van der Waals surface area contributed by atoms with E-state index in [0.717, 1.165) is 0 Å². The summed E-state index contributed by atoms with van der Waals surface area (Å²) in [5.74, 6) is 0. The number of carbonyl (C=O) groups is 1. The van der Waals surface area contributed by atoms with Crippen LogP contribution < -0.4 is 11.5 Å². The van der Waals surface area contributed by atoms with Crippen molar-refractivity contribution in [3.8, 4) is 0 Å². The van der Waals surface area contributed by atoms with Gasteiger partial charge in [0, 0.05) is 9.79 Å². The molecule has 3 nitrogen and oxygen atoms in total. The average molecular weight is 278 g/mol. The summed E-state index contributed by atoms with van der Waals surface area (Å²) < 4.78 is 0. The molecule has 0 saturated heterocycles. The maximum atomic E-state index is 9.00. The van der Waals surface area contributed by atoms with Gasteiger partial charge in [-0.3, -0.25) is 0 Å². The first-order valence-corrected chi connectivity index (χ1v) is 7.33. The predicted molar refractivity (Wildman–Crippen MR) is 78.4 cm³/mol. The molecule has 2 rings (SSSR count). The topological polar surface area (TPSA) is 69.1 Å². The molecule has 4 N–H and O–H groups in total. The highest BCUT2D eigenvalue weighted by molar-refractivity contribution is 8.76. The summed E-state index contributed by atoms with van der Waals surface area (Å²) in [5.41, 5.74) is 8.50. The molecule has 0 unspecified atom stereocenters. The van der Waals surface area contributed by atoms with Gasteiger partial charge in [0.15, 0.2) is 0 Å². The highest BCUT2D eigenvalue weighted by Crippen LogP contribution is 2.36. The number of rotatable bonds is 3. The highest BCUT2D eigenvalue weighted by atomic mass is 33.1. The number of primary amides is 2. The van der Waals surface area contributed by atoms with Crippen LogP contribution in [0.4, 0.5) is 4.79 Å². The minimum atomic E-state index is -0.833. The van der Waals surface area contributed by atoms with Crippen molar-refractivity contribution in [2.24, 2.45) is 11.5 Å². The normalized spacial score (nSPS) is 9.11. The molecule has 2 aromatic carbocycles. The molecule has 0 aliphatic heterocycles. The van der Waals surface area contributed by atoms with E-state index in [-0.39, 0.29) is 0 Å². The Morgan fingerprint density at radius 2 is 1.00 bits per heavy atom. The van der Waals surface area contributed by atoms with Gasteiger partial charge in [0.25, 0.3) is 0 Å². The quantitative estimate of drug-likeness (QED) is 0.844. The van der Waals surface area contributed by atoms with Crippen molar-refractivity contribution < 1.29 is 4.79 Å². The van der Waals surface area contributed by atoms with Crippen molar-refractivity contribution >= 4 is 27.6 Å². The van der Waals surface area contributed by atoms with Gasteiger partial charge in [0.1, 0.15) is 0 Å². The number of amides is 2. The van der Waals surface area contributed by atoms with Gasteiger partial charge < -0.3 is 11.5 Å². The number of nitrogens with two attached hydrogens (primary N) is 2. The third kappa shape index (κ3) is 6.88. The second-order valence-electron chi connectivity index (χ2n) is 3.20. The van der Waals surface area contributed by atoms with E-state index in [0.29, 0.717) is 0 Å². The van der Waals surface area contributed by atoms with Gasteiger partial charge in [-0.1, -0.05) is 58.0 Å². The van der Waals surface area contributed by atoms with E-state index < -0.39 is 6.03 Å². The van der Waals surface area contributed by atoms with Crippen LogP contribution in [0.25, 0.3) is 0 Å². The molecule has 0 spiro atoms. The summed E-state index contributed by atoms with van der Waals surface area (Å²) in [5, 5.41) is 0. The molecule has 0 aliphatic carbocycles. The van der Waals surface area contributed by atoms with Crippen LogP contribution in [0, 0.1) is 0 Å². The van der Waals surface area contributed by atoms with E-state index in [1.807, 2.05) is 12.1 Å². The molecule has 0 radical (unpaired) electrons. The number of carbonyl (C=O) groups excluding carboxylic acids is 1. The Morgan fingerprint density at radius 1 is 0.722 bits per heavy atom. The zero-order chi connectivity index (χ0) is 13.2. The van der Waals surface area contributed by atoms with Crippen molar-refractivity contribution in [1.82, 2.24) is 0 Å². The van der Waals surface area contributed by atoms with E-state index in [1.165, 1.54) is 9.79 Å². The lowest BCUT2D eigenvalue weighted by Gasteiger charge is -1.99. The highest BCUT2D eigenvalue weighted by Gasteiger charge is 1.94. The summed E-state index contributed by atoms with van der Waals surface area (Å²) in [6.07, 6.45) is 0. The molecular formula is C13H14N2OS2. The summed E-state index contributed by atoms with van der Waals surface area (Å²) in [6, 6.07) is 20.0. The van der Waals surface area contributed by atoms with E-state index >= 15 is 0 Å². The Hall–Kier alpha value is -1.59. The van der Waals surface area contributed by atoms with Gasteiger partial charge in [0.2, 0.25) is 0 Å².